The summed E-state index contributed by atoms with van der Waals surface area (Å²) >= 11 is 2.02. The van der Waals surface area contributed by atoms with Crippen LogP contribution in [0.3, 0.4) is 0 Å². The van der Waals surface area contributed by atoms with Gasteiger partial charge in [0.2, 0.25) is 0 Å². The van der Waals surface area contributed by atoms with Crippen LogP contribution in [0, 0.1) is 3.57 Å². The molecule has 0 aliphatic carbocycles. The lowest BCUT2D eigenvalue weighted by Gasteiger charge is -2.23. The van der Waals surface area contributed by atoms with E-state index in [9.17, 15) is 9.59 Å². The van der Waals surface area contributed by atoms with Crippen LogP contribution in [0.1, 0.15) is 30.1 Å². The number of benzene rings is 1. The molecule has 0 saturated carbocycles. The van der Waals surface area contributed by atoms with Gasteiger partial charge in [0.15, 0.2) is 0 Å². The van der Waals surface area contributed by atoms with E-state index in [0.29, 0.717) is 13.2 Å². The summed E-state index contributed by atoms with van der Waals surface area (Å²) in [6.07, 6.45) is 1.89. The zero-order valence-corrected chi connectivity index (χ0v) is 13.8. The number of carbonyl (C=O) groups is 2. The van der Waals surface area contributed by atoms with E-state index < -0.39 is 12.0 Å². The maximum Gasteiger partial charge on any atom is 0.337 e. The number of aromatic carboxylic acids is 1. The molecule has 1 aromatic rings. The van der Waals surface area contributed by atoms with Gasteiger partial charge in [-0.3, -0.25) is 0 Å². The molecule has 2 amide bonds. The molecule has 1 aliphatic heterocycles. The largest absolute Gasteiger partial charge is 0.478 e. The van der Waals surface area contributed by atoms with Crippen LogP contribution >= 0.6 is 22.6 Å². The van der Waals surface area contributed by atoms with Crippen LogP contribution in [0.5, 0.6) is 0 Å². The molecular weight excluding hydrogens is 387 g/mol. The third-order valence-electron chi connectivity index (χ3n) is 3.38. The fourth-order valence-corrected chi connectivity index (χ4v) is 2.70. The van der Waals surface area contributed by atoms with Crippen molar-refractivity contribution in [2.45, 2.75) is 25.4 Å². The fourth-order valence-electron chi connectivity index (χ4n) is 2.21. The predicted octanol–water partition coefficient (Wildman–Crippen LogP) is 2.68. The van der Waals surface area contributed by atoms with Gasteiger partial charge in [-0.15, -0.1) is 0 Å². The molecule has 0 bridgehead atoms. The van der Waals surface area contributed by atoms with Crippen molar-refractivity contribution in [1.82, 2.24) is 5.32 Å². The van der Waals surface area contributed by atoms with Crippen molar-refractivity contribution in [3.8, 4) is 0 Å². The van der Waals surface area contributed by atoms with E-state index >= 15 is 0 Å². The number of halogens is 1. The number of hydrogen-bond acceptors (Lipinski definition) is 3. The van der Waals surface area contributed by atoms with Gasteiger partial charge in [-0.1, -0.05) is 0 Å². The van der Waals surface area contributed by atoms with Crippen molar-refractivity contribution in [2.75, 3.05) is 18.5 Å². The number of anilines is 1. The maximum atomic E-state index is 11.9. The average Bonchev–Trinajstić information content (AvgIpc) is 2.86. The van der Waals surface area contributed by atoms with Gasteiger partial charge in [0, 0.05) is 16.7 Å². The van der Waals surface area contributed by atoms with Gasteiger partial charge in [0.25, 0.3) is 0 Å². The van der Waals surface area contributed by atoms with Crippen molar-refractivity contribution in [2.24, 2.45) is 0 Å². The maximum absolute atomic E-state index is 11.9. The molecular formula is C14H17IN2O4. The minimum atomic E-state index is -1.07. The molecule has 1 fully saturated rings. The zero-order chi connectivity index (χ0) is 15.5. The minimum Gasteiger partial charge on any atom is -0.478 e. The summed E-state index contributed by atoms with van der Waals surface area (Å²) in [5.41, 5.74) is 0.0113. The molecule has 1 heterocycles. The SMILES string of the molecule is CC1(CNC(=O)Nc2ccc(I)cc2C(=O)O)CCCO1. The molecule has 0 spiro atoms. The van der Waals surface area contributed by atoms with E-state index in [1.807, 2.05) is 29.5 Å². The van der Waals surface area contributed by atoms with Crippen molar-refractivity contribution in [1.29, 1.82) is 0 Å². The molecule has 1 aromatic carbocycles. The topological polar surface area (TPSA) is 87.7 Å². The monoisotopic (exact) mass is 404 g/mol. The molecule has 0 aromatic heterocycles. The number of amides is 2. The van der Waals surface area contributed by atoms with Crippen LogP contribution in [0.25, 0.3) is 0 Å². The number of hydrogen-bond donors (Lipinski definition) is 3. The van der Waals surface area contributed by atoms with Gasteiger partial charge >= 0.3 is 12.0 Å². The lowest BCUT2D eigenvalue weighted by Crippen LogP contribution is -2.42. The molecule has 0 radical (unpaired) electrons. The Bertz CT molecular complexity index is 556. The molecule has 6 nitrogen and oxygen atoms in total. The van der Waals surface area contributed by atoms with Gasteiger partial charge in [-0.2, -0.15) is 0 Å². The quantitative estimate of drug-likeness (QED) is 0.674. The third-order valence-corrected chi connectivity index (χ3v) is 4.05. The standard InChI is InChI=1S/C14H17IN2O4/c1-14(5-2-6-21-14)8-16-13(20)17-11-4-3-9(15)7-10(11)12(18)19/h3-4,7H,2,5-6,8H2,1H3,(H,18,19)(H2,16,17,20). The first-order chi connectivity index (χ1) is 9.89. The number of carbonyl (C=O) groups excluding carboxylic acids is 1. The second kappa shape index (κ2) is 6.61. The molecule has 1 aliphatic rings. The third kappa shape index (κ3) is 4.31. The Morgan fingerprint density at radius 2 is 2.24 bits per heavy atom. The average molecular weight is 404 g/mol. The van der Waals surface area contributed by atoms with Crippen molar-refractivity contribution < 1.29 is 19.4 Å². The Labute approximate surface area is 136 Å². The number of carboxylic acids is 1. The molecule has 2 rings (SSSR count). The Morgan fingerprint density at radius 3 is 2.86 bits per heavy atom. The summed E-state index contributed by atoms with van der Waals surface area (Å²) in [4.78, 5) is 23.1. The summed E-state index contributed by atoms with van der Waals surface area (Å²) in [5.74, 6) is -1.07. The highest BCUT2D eigenvalue weighted by molar-refractivity contribution is 14.1. The van der Waals surface area contributed by atoms with Crippen LogP contribution in [0.4, 0.5) is 10.5 Å². The van der Waals surface area contributed by atoms with Crippen molar-refractivity contribution in [3.05, 3.63) is 27.3 Å². The van der Waals surface area contributed by atoms with Crippen LogP contribution in [-0.4, -0.2) is 35.9 Å². The number of rotatable bonds is 4. The fraction of sp³-hybridized carbons (Fsp3) is 0.429. The van der Waals surface area contributed by atoms with Gasteiger partial charge < -0.3 is 20.5 Å². The normalized spacial score (nSPS) is 21.0. The Kier molecular flexibility index (Phi) is 5.04. The first-order valence-corrected chi connectivity index (χ1v) is 7.69. The van der Waals surface area contributed by atoms with Crippen molar-refractivity contribution >= 4 is 40.3 Å². The van der Waals surface area contributed by atoms with Crippen LogP contribution in [-0.2, 0) is 4.74 Å². The van der Waals surface area contributed by atoms with E-state index in [2.05, 4.69) is 10.6 Å². The Hall–Kier alpha value is -1.35. The van der Waals surface area contributed by atoms with Gasteiger partial charge in [0.1, 0.15) is 0 Å². The first kappa shape index (κ1) is 16.0. The second-order valence-corrected chi connectivity index (χ2v) is 6.45. The summed E-state index contributed by atoms with van der Waals surface area (Å²) in [5, 5.41) is 14.4. The zero-order valence-electron chi connectivity index (χ0n) is 11.6. The molecule has 7 heteroatoms. The summed E-state index contributed by atoms with van der Waals surface area (Å²) in [6, 6.07) is 4.40. The molecule has 1 atom stereocenters. The van der Waals surface area contributed by atoms with Crippen LogP contribution in [0.2, 0.25) is 0 Å². The lowest BCUT2D eigenvalue weighted by molar-refractivity contribution is 0.0232. The van der Waals surface area contributed by atoms with Crippen LogP contribution < -0.4 is 10.6 Å². The minimum absolute atomic E-state index is 0.0698. The van der Waals surface area contributed by atoms with E-state index in [1.54, 1.807) is 12.1 Å². The van der Waals surface area contributed by atoms with Gasteiger partial charge in [0.05, 0.1) is 16.9 Å². The van der Waals surface area contributed by atoms with Gasteiger partial charge in [-0.25, -0.2) is 9.59 Å². The highest BCUT2D eigenvalue weighted by atomic mass is 127. The van der Waals surface area contributed by atoms with E-state index in [1.165, 1.54) is 6.07 Å². The first-order valence-electron chi connectivity index (χ1n) is 6.61. The summed E-state index contributed by atoms with van der Waals surface area (Å²) in [6.45, 7) is 3.06. The van der Waals surface area contributed by atoms with E-state index in [0.717, 1.165) is 16.4 Å². The number of urea groups is 1. The van der Waals surface area contributed by atoms with Gasteiger partial charge in [-0.05, 0) is 60.6 Å². The Morgan fingerprint density at radius 1 is 1.48 bits per heavy atom. The molecule has 114 valence electrons. The Balaban J connectivity index is 1.98. The smallest absolute Gasteiger partial charge is 0.337 e. The van der Waals surface area contributed by atoms with Crippen molar-refractivity contribution in [3.63, 3.8) is 0 Å². The summed E-state index contributed by atoms with van der Waals surface area (Å²) < 4.78 is 6.38. The predicted molar refractivity (Wildman–Crippen MR) is 86.7 cm³/mol. The van der Waals surface area contributed by atoms with E-state index in [4.69, 9.17) is 9.84 Å². The molecule has 21 heavy (non-hydrogen) atoms. The lowest BCUT2D eigenvalue weighted by atomic mass is 10.0. The molecule has 1 saturated heterocycles. The summed E-state index contributed by atoms with van der Waals surface area (Å²) in [7, 11) is 0. The highest BCUT2D eigenvalue weighted by Crippen LogP contribution is 2.24. The molecule has 1 unspecified atom stereocenters. The second-order valence-electron chi connectivity index (χ2n) is 5.20. The number of carboxylic acid groups (broad SMARTS) is 1. The molecule has 3 N–H and O–H groups in total. The number of ether oxygens (including phenoxy) is 1. The highest BCUT2D eigenvalue weighted by Gasteiger charge is 2.30. The van der Waals surface area contributed by atoms with E-state index in [-0.39, 0.29) is 16.9 Å². The van der Waals surface area contributed by atoms with Crippen LogP contribution in [0.15, 0.2) is 18.2 Å². The number of nitrogens with one attached hydrogen (secondary N) is 2.